The Balaban J connectivity index is 2.16. The van der Waals surface area contributed by atoms with Gasteiger partial charge in [0.05, 0.1) is 6.20 Å². The molecule has 0 radical (unpaired) electrons. The average Bonchev–Trinajstić information content (AvgIpc) is 2.81. The van der Waals surface area contributed by atoms with Crippen LogP contribution in [0.3, 0.4) is 0 Å². The van der Waals surface area contributed by atoms with E-state index in [1.165, 1.54) is 18.5 Å². The van der Waals surface area contributed by atoms with Crippen molar-refractivity contribution in [3.8, 4) is 0 Å². The second-order valence-corrected chi connectivity index (χ2v) is 4.12. The van der Waals surface area contributed by atoms with Crippen LogP contribution in [0.4, 0.5) is 0 Å². The molecule has 1 aromatic heterocycles. The van der Waals surface area contributed by atoms with Crippen LogP contribution < -0.4 is 5.32 Å². The lowest BCUT2D eigenvalue weighted by molar-refractivity contribution is 0.287. The molecule has 0 unspecified atom stereocenters. The molecule has 1 aromatic rings. The molecule has 0 saturated carbocycles. The number of nitrogens with one attached hydrogen (secondary N) is 1. The highest BCUT2D eigenvalue weighted by atomic mass is 15.2. The highest BCUT2D eigenvalue weighted by molar-refractivity contribution is 5.17. The fourth-order valence-electron chi connectivity index (χ4n) is 1.78. The van der Waals surface area contributed by atoms with Gasteiger partial charge in [-0.1, -0.05) is 20.4 Å². The largest absolute Gasteiger partial charge is 0.311 e. The molecular formula is C13H24N4. The molecule has 0 aliphatic heterocycles. The van der Waals surface area contributed by atoms with Gasteiger partial charge >= 0.3 is 0 Å². The molecule has 1 rings (SSSR count). The summed E-state index contributed by atoms with van der Waals surface area (Å²) in [7, 11) is 0. The molecule has 96 valence electrons. The molecular weight excluding hydrogens is 212 g/mol. The summed E-state index contributed by atoms with van der Waals surface area (Å²) in [4.78, 5) is 2.46. The maximum Gasteiger partial charge on any atom is 0.0538 e. The van der Waals surface area contributed by atoms with Gasteiger partial charge in [0.1, 0.15) is 0 Å². The van der Waals surface area contributed by atoms with Crippen molar-refractivity contribution in [2.45, 2.75) is 26.8 Å². The summed E-state index contributed by atoms with van der Waals surface area (Å²) in [6.45, 7) is 13.4. The fourth-order valence-corrected chi connectivity index (χ4v) is 1.78. The van der Waals surface area contributed by atoms with Gasteiger partial charge in [0.25, 0.3) is 0 Å². The molecule has 0 spiro atoms. The van der Waals surface area contributed by atoms with Gasteiger partial charge in [-0.25, -0.2) is 4.68 Å². The maximum absolute atomic E-state index is 4.14. The van der Waals surface area contributed by atoms with Gasteiger partial charge in [0.2, 0.25) is 0 Å². The van der Waals surface area contributed by atoms with Crippen LogP contribution in [0.15, 0.2) is 19.0 Å². The van der Waals surface area contributed by atoms with Gasteiger partial charge in [-0.15, -0.1) is 0 Å². The van der Waals surface area contributed by atoms with E-state index in [0.29, 0.717) is 0 Å². The topological polar surface area (TPSA) is 33.1 Å². The summed E-state index contributed by atoms with van der Waals surface area (Å²) in [5.74, 6) is 0. The van der Waals surface area contributed by atoms with Crippen molar-refractivity contribution < 1.29 is 0 Å². The van der Waals surface area contributed by atoms with E-state index in [2.05, 4.69) is 35.7 Å². The molecule has 0 aliphatic rings. The van der Waals surface area contributed by atoms with Crippen molar-refractivity contribution in [1.82, 2.24) is 20.0 Å². The number of hydrogen-bond acceptors (Lipinski definition) is 3. The highest BCUT2D eigenvalue weighted by Gasteiger charge is 2.00. The lowest BCUT2D eigenvalue weighted by atomic mass is 10.3. The second kappa shape index (κ2) is 8.03. The Morgan fingerprint density at radius 3 is 2.88 bits per heavy atom. The Morgan fingerprint density at radius 2 is 2.29 bits per heavy atom. The number of rotatable bonds is 9. The first-order valence-electron chi connectivity index (χ1n) is 6.38. The smallest absolute Gasteiger partial charge is 0.0538 e. The SMILES string of the molecule is C=Cn1cc(CNCCN(CC)CCC)cn1. The van der Waals surface area contributed by atoms with Gasteiger partial charge in [0.15, 0.2) is 0 Å². The molecule has 0 aromatic carbocycles. The number of nitrogens with zero attached hydrogens (tertiary/aromatic N) is 3. The first-order valence-corrected chi connectivity index (χ1v) is 6.38. The second-order valence-electron chi connectivity index (χ2n) is 4.12. The first-order chi connectivity index (χ1) is 8.30. The molecule has 0 amide bonds. The normalized spacial score (nSPS) is 11.0. The van der Waals surface area contributed by atoms with Crippen LogP contribution in [0.5, 0.6) is 0 Å². The molecule has 4 nitrogen and oxygen atoms in total. The summed E-state index contributed by atoms with van der Waals surface area (Å²) in [6.07, 6.45) is 6.78. The predicted molar refractivity (Wildman–Crippen MR) is 72.7 cm³/mol. The van der Waals surface area contributed by atoms with Crippen LogP contribution in [-0.4, -0.2) is 40.9 Å². The lowest BCUT2D eigenvalue weighted by Crippen LogP contribution is -2.32. The Morgan fingerprint density at radius 1 is 1.47 bits per heavy atom. The number of hydrogen-bond donors (Lipinski definition) is 1. The summed E-state index contributed by atoms with van der Waals surface area (Å²) >= 11 is 0. The van der Waals surface area contributed by atoms with E-state index in [0.717, 1.165) is 26.2 Å². The molecule has 17 heavy (non-hydrogen) atoms. The lowest BCUT2D eigenvalue weighted by Gasteiger charge is -2.19. The minimum atomic E-state index is 0.873. The van der Waals surface area contributed by atoms with Crippen molar-refractivity contribution in [1.29, 1.82) is 0 Å². The summed E-state index contributed by atoms with van der Waals surface area (Å²) in [5, 5.41) is 7.58. The minimum absolute atomic E-state index is 0.873. The molecule has 0 fully saturated rings. The zero-order valence-electron chi connectivity index (χ0n) is 11.0. The zero-order valence-corrected chi connectivity index (χ0v) is 11.0. The van der Waals surface area contributed by atoms with Crippen LogP contribution in [0.1, 0.15) is 25.8 Å². The van der Waals surface area contributed by atoms with Gasteiger partial charge in [0, 0.05) is 37.6 Å². The van der Waals surface area contributed by atoms with Gasteiger partial charge in [-0.3, -0.25) is 0 Å². The van der Waals surface area contributed by atoms with Gasteiger partial charge in [-0.2, -0.15) is 5.10 Å². The number of aromatic nitrogens is 2. The zero-order chi connectivity index (χ0) is 12.5. The highest BCUT2D eigenvalue weighted by Crippen LogP contribution is 1.97. The first kappa shape index (κ1) is 13.9. The van der Waals surface area contributed by atoms with E-state index < -0.39 is 0 Å². The van der Waals surface area contributed by atoms with Gasteiger partial charge in [-0.05, 0) is 19.5 Å². The Bertz CT molecular complexity index is 319. The van der Waals surface area contributed by atoms with Crippen molar-refractivity contribution in [3.05, 3.63) is 24.5 Å². The van der Waals surface area contributed by atoms with E-state index in [9.17, 15) is 0 Å². The van der Waals surface area contributed by atoms with Crippen LogP contribution in [0.25, 0.3) is 6.20 Å². The third-order valence-corrected chi connectivity index (χ3v) is 2.76. The van der Waals surface area contributed by atoms with E-state index in [-0.39, 0.29) is 0 Å². The van der Waals surface area contributed by atoms with Crippen molar-refractivity contribution >= 4 is 6.20 Å². The predicted octanol–water partition coefficient (Wildman–Crippen LogP) is 1.81. The summed E-state index contributed by atoms with van der Waals surface area (Å²) in [6, 6.07) is 0. The Kier molecular flexibility index (Phi) is 6.58. The van der Waals surface area contributed by atoms with E-state index >= 15 is 0 Å². The standard InChI is InChI=1S/C13H24N4/c1-4-8-16(5-2)9-7-14-10-13-11-15-17(6-3)12-13/h6,11-12,14H,3-5,7-10H2,1-2H3. The fraction of sp³-hybridized carbons (Fsp3) is 0.615. The molecule has 1 N–H and O–H groups in total. The van der Waals surface area contributed by atoms with Crippen LogP contribution in [0, 0.1) is 0 Å². The van der Waals surface area contributed by atoms with Crippen LogP contribution in [-0.2, 0) is 6.54 Å². The molecule has 1 heterocycles. The third-order valence-electron chi connectivity index (χ3n) is 2.76. The van der Waals surface area contributed by atoms with E-state index in [1.807, 2.05) is 12.4 Å². The quantitative estimate of drug-likeness (QED) is 0.664. The van der Waals surface area contributed by atoms with Crippen molar-refractivity contribution in [2.24, 2.45) is 0 Å². The average molecular weight is 236 g/mol. The maximum atomic E-state index is 4.14. The van der Waals surface area contributed by atoms with E-state index in [1.54, 1.807) is 10.9 Å². The van der Waals surface area contributed by atoms with Gasteiger partial charge < -0.3 is 10.2 Å². The molecule has 0 aliphatic carbocycles. The number of likely N-dealkylation sites (N-methyl/N-ethyl adjacent to an activating group) is 1. The Labute approximate surface area is 104 Å². The molecule has 0 atom stereocenters. The minimum Gasteiger partial charge on any atom is -0.311 e. The van der Waals surface area contributed by atoms with E-state index in [4.69, 9.17) is 0 Å². The molecule has 0 bridgehead atoms. The Hall–Kier alpha value is -1.13. The summed E-state index contributed by atoms with van der Waals surface area (Å²) in [5.41, 5.74) is 1.20. The van der Waals surface area contributed by atoms with Crippen LogP contribution >= 0.6 is 0 Å². The van der Waals surface area contributed by atoms with Crippen molar-refractivity contribution in [2.75, 3.05) is 26.2 Å². The molecule has 0 saturated heterocycles. The summed E-state index contributed by atoms with van der Waals surface area (Å²) < 4.78 is 1.73. The van der Waals surface area contributed by atoms with Crippen LogP contribution in [0.2, 0.25) is 0 Å². The molecule has 4 heteroatoms. The third kappa shape index (κ3) is 5.15. The monoisotopic (exact) mass is 236 g/mol. The van der Waals surface area contributed by atoms with Crippen molar-refractivity contribution in [3.63, 3.8) is 0 Å².